The molecule has 6 nitrogen and oxygen atoms in total. The number of methoxy groups -OCH3 is 1. The summed E-state index contributed by atoms with van der Waals surface area (Å²) in [5, 5.41) is 3.12. The van der Waals surface area contributed by atoms with Crippen LogP contribution in [-0.2, 0) is 4.79 Å². The minimum atomic E-state index is -0.0535. The molecule has 1 aromatic rings. The van der Waals surface area contributed by atoms with Gasteiger partial charge in [0.15, 0.2) is 0 Å². The second-order valence-electron chi connectivity index (χ2n) is 8.21. The maximum absolute atomic E-state index is 12.8. The number of amides is 2. The molecular weight excluding hydrogens is 354 g/mol. The Morgan fingerprint density at radius 2 is 1.61 bits per heavy atom. The van der Waals surface area contributed by atoms with Crippen LogP contribution in [0.25, 0.3) is 0 Å². The first-order chi connectivity index (χ1) is 13.5. The summed E-state index contributed by atoms with van der Waals surface area (Å²) in [6, 6.07) is 7.84. The van der Waals surface area contributed by atoms with E-state index in [4.69, 9.17) is 4.74 Å². The highest BCUT2D eigenvalue weighted by Gasteiger charge is 2.31. The zero-order valence-electron chi connectivity index (χ0n) is 17.3. The molecular formula is C22H33N3O3. The number of carbonyl (C=O) groups is 2. The summed E-state index contributed by atoms with van der Waals surface area (Å²) in [5.41, 5.74) is 0.641. The van der Waals surface area contributed by atoms with Crippen LogP contribution in [0, 0.1) is 5.92 Å². The largest absolute Gasteiger partial charge is 0.497 e. The van der Waals surface area contributed by atoms with Gasteiger partial charge in [0.2, 0.25) is 5.91 Å². The number of hydrogen-bond acceptors (Lipinski definition) is 4. The maximum Gasteiger partial charge on any atom is 0.251 e. The number of nitrogens with zero attached hydrogens (tertiary/aromatic N) is 2. The second kappa shape index (κ2) is 9.41. The fourth-order valence-electron chi connectivity index (χ4n) is 4.21. The second-order valence-corrected chi connectivity index (χ2v) is 8.21. The molecule has 2 fully saturated rings. The molecule has 1 saturated heterocycles. The topological polar surface area (TPSA) is 61.9 Å². The molecule has 0 bridgehead atoms. The predicted molar refractivity (Wildman–Crippen MR) is 109 cm³/mol. The quantitative estimate of drug-likeness (QED) is 0.843. The normalized spacial score (nSPS) is 23.5. The van der Waals surface area contributed by atoms with Crippen molar-refractivity contribution in [1.29, 1.82) is 0 Å². The lowest BCUT2D eigenvalue weighted by molar-refractivity contribution is -0.138. The standard InChI is InChI=1S/C22H33N3O3/c1-16(2)24-12-14-25(15-13-24)22(27)18-4-8-19(9-5-18)23-21(26)17-6-10-20(28-3)11-7-17/h6-7,10-11,16,18-19H,4-5,8-9,12-15H2,1-3H3,(H,23,26). The Morgan fingerprint density at radius 3 is 2.14 bits per heavy atom. The van der Waals surface area contributed by atoms with Gasteiger partial charge in [0, 0.05) is 49.7 Å². The van der Waals surface area contributed by atoms with Crippen LogP contribution in [0.4, 0.5) is 0 Å². The van der Waals surface area contributed by atoms with E-state index in [1.54, 1.807) is 31.4 Å². The number of carbonyl (C=O) groups excluding carboxylic acids is 2. The van der Waals surface area contributed by atoms with Crippen LogP contribution >= 0.6 is 0 Å². The van der Waals surface area contributed by atoms with Crippen molar-refractivity contribution >= 4 is 11.8 Å². The van der Waals surface area contributed by atoms with Gasteiger partial charge in [-0.15, -0.1) is 0 Å². The van der Waals surface area contributed by atoms with E-state index < -0.39 is 0 Å². The molecule has 3 rings (SSSR count). The molecule has 0 radical (unpaired) electrons. The Hall–Kier alpha value is -2.08. The first kappa shape index (κ1) is 20.6. The van der Waals surface area contributed by atoms with E-state index in [-0.39, 0.29) is 17.9 Å². The molecule has 0 aromatic heterocycles. The number of hydrogen-bond donors (Lipinski definition) is 1. The molecule has 1 saturated carbocycles. The summed E-state index contributed by atoms with van der Waals surface area (Å²) in [5.74, 6) is 1.11. The van der Waals surface area contributed by atoms with Gasteiger partial charge in [-0.25, -0.2) is 0 Å². The van der Waals surface area contributed by atoms with Crippen molar-refractivity contribution in [3.63, 3.8) is 0 Å². The Balaban J connectivity index is 1.44. The highest BCUT2D eigenvalue weighted by Crippen LogP contribution is 2.27. The zero-order chi connectivity index (χ0) is 20.1. The van der Waals surface area contributed by atoms with Crippen molar-refractivity contribution in [2.75, 3.05) is 33.3 Å². The number of nitrogens with one attached hydrogen (secondary N) is 1. The van der Waals surface area contributed by atoms with Gasteiger partial charge in [0.05, 0.1) is 7.11 Å². The first-order valence-electron chi connectivity index (χ1n) is 10.5. The monoisotopic (exact) mass is 387 g/mol. The van der Waals surface area contributed by atoms with Gasteiger partial charge in [-0.3, -0.25) is 14.5 Å². The van der Waals surface area contributed by atoms with Gasteiger partial charge in [0.25, 0.3) is 5.91 Å². The first-order valence-corrected chi connectivity index (χ1v) is 10.5. The van der Waals surface area contributed by atoms with E-state index in [2.05, 4.69) is 24.1 Å². The Morgan fingerprint density at radius 1 is 1.00 bits per heavy atom. The van der Waals surface area contributed by atoms with Crippen molar-refractivity contribution in [2.45, 2.75) is 51.6 Å². The van der Waals surface area contributed by atoms with Crippen molar-refractivity contribution in [3.05, 3.63) is 29.8 Å². The maximum atomic E-state index is 12.8. The van der Waals surface area contributed by atoms with Gasteiger partial charge in [-0.05, 0) is 63.8 Å². The lowest BCUT2D eigenvalue weighted by Gasteiger charge is -2.39. The van der Waals surface area contributed by atoms with E-state index in [1.165, 1.54) is 0 Å². The third-order valence-corrected chi connectivity index (χ3v) is 6.12. The molecule has 0 atom stereocenters. The van der Waals surface area contributed by atoms with Crippen LogP contribution < -0.4 is 10.1 Å². The van der Waals surface area contributed by atoms with E-state index in [0.717, 1.165) is 57.6 Å². The molecule has 0 unspecified atom stereocenters. The van der Waals surface area contributed by atoms with E-state index >= 15 is 0 Å². The van der Waals surface area contributed by atoms with Gasteiger partial charge < -0.3 is 15.0 Å². The van der Waals surface area contributed by atoms with Crippen LogP contribution in [0.15, 0.2) is 24.3 Å². The van der Waals surface area contributed by atoms with Crippen LogP contribution in [-0.4, -0.2) is 67.0 Å². The molecule has 2 amide bonds. The lowest BCUT2D eigenvalue weighted by atomic mass is 9.85. The summed E-state index contributed by atoms with van der Waals surface area (Å²) in [4.78, 5) is 29.7. The third-order valence-electron chi connectivity index (χ3n) is 6.12. The number of ether oxygens (including phenoxy) is 1. The molecule has 2 aliphatic rings. The number of benzene rings is 1. The number of piperazine rings is 1. The minimum Gasteiger partial charge on any atom is -0.497 e. The molecule has 154 valence electrons. The molecule has 1 aliphatic carbocycles. The summed E-state index contributed by atoms with van der Waals surface area (Å²) >= 11 is 0. The van der Waals surface area contributed by atoms with Gasteiger partial charge >= 0.3 is 0 Å². The molecule has 6 heteroatoms. The highest BCUT2D eigenvalue weighted by molar-refractivity contribution is 5.94. The van der Waals surface area contributed by atoms with Crippen molar-refractivity contribution in [3.8, 4) is 5.75 Å². The molecule has 1 N–H and O–H groups in total. The van der Waals surface area contributed by atoms with Crippen LogP contribution in [0.3, 0.4) is 0 Å². The van der Waals surface area contributed by atoms with Crippen LogP contribution in [0.5, 0.6) is 5.75 Å². The van der Waals surface area contributed by atoms with E-state index in [0.29, 0.717) is 17.5 Å². The van der Waals surface area contributed by atoms with Crippen molar-refractivity contribution < 1.29 is 14.3 Å². The van der Waals surface area contributed by atoms with Crippen LogP contribution in [0.1, 0.15) is 49.9 Å². The van der Waals surface area contributed by atoms with Crippen molar-refractivity contribution in [1.82, 2.24) is 15.1 Å². The lowest BCUT2D eigenvalue weighted by Crippen LogP contribution is -2.52. The fourth-order valence-corrected chi connectivity index (χ4v) is 4.21. The van der Waals surface area contributed by atoms with Crippen molar-refractivity contribution in [2.24, 2.45) is 5.92 Å². The highest BCUT2D eigenvalue weighted by atomic mass is 16.5. The Labute approximate surface area is 168 Å². The summed E-state index contributed by atoms with van der Waals surface area (Å²) < 4.78 is 5.13. The third kappa shape index (κ3) is 5.04. The molecule has 28 heavy (non-hydrogen) atoms. The SMILES string of the molecule is COc1ccc(C(=O)NC2CCC(C(=O)N3CCN(C(C)C)CC3)CC2)cc1. The predicted octanol–water partition coefficient (Wildman–Crippen LogP) is 2.54. The minimum absolute atomic E-state index is 0.0535. The fraction of sp³-hybridized carbons (Fsp3) is 0.636. The van der Waals surface area contributed by atoms with Gasteiger partial charge in [0.1, 0.15) is 5.75 Å². The molecule has 1 heterocycles. The molecule has 0 spiro atoms. The zero-order valence-corrected chi connectivity index (χ0v) is 17.3. The molecule has 1 aliphatic heterocycles. The summed E-state index contributed by atoms with van der Waals surface area (Å²) in [7, 11) is 1.61. The smallest absolute Gasteiger partial charge is 0.251 e. The Bertz CT molecular complexity index is 658. The van der Waals surface area contributed by atoms with Gasteiger partial charge in [-0.1, -0.05) is 0 Å². The van der Waals surface area contributed by atoms with E-state index in [9.17, 15) is 9.59 Å². The molecule has 1 aromatic carbocycles. The number of rotatable bonds is 5. The van der Waals surface area contributed by atoms with E-state index in [1.807, 2.05) is 4.90 Å². The Kier molecular flexibility index (Phi) is 6.94. The summed E-state index contributed by atoms with van der Waals surface area (Å²) in [6.45, 7) is 8.03. The van der Waals surface area contributed by atoms with Gasteiger partial charge in [-0.2, -0.15) is 0 Å². The average Bonchev–Trinajstić information content (AvgIpc) is 2.74. The average molecular weight is 388 g/mol. The summed E-state index contributed by atoms with van der Waals surface area (Å²) in [6.07, 6.45) is 3.45. The van der Waals surface area contributed by atoms with Crippen LogP contribution in [0.2, 0.25) is 0 Å².